The second-order valence-electron chi connectivity index (χ2n) is 5.16. The van der Waals surface area contributed by atoms with E-state index in [4.69, 9.17) is 4.42 Å². The highest BCUT2D eigenvalue weighted by atomic mass is 32.2. The van der Waals surface area contributed by atoms with Gasteiger partial charge in [0.15, 0.2) is 10.9 Å². The number of rotatable bonds is 5. The number of nitrogens with zero attached hydrogens (tertiary/aromatic N) is 3. The molecule has 0 fully saturated rings. The number of hydrogen-bond acceptors (Lipinski definition) is 6. The van der Waals surface area contributed by atoms with Crippen molar-refractivity contribution in [3.8, 4) is 0 Å². The van der Waals surface area contributed by atoms with Crippen LogP contribution in [-0.2, 0) is 5.75 Å². The van der Waals surface area contributed by atoms with Crippen molar-refractivity contribution < 1.29 is 9.21 Å². The molecule has 0 saturated carbocycles. The van der Waals surface area contributed by atoms with Gasteiger partial charge in [-0.15, -0.1) is 0 Å². The van der Waals surface area contributed by atoms with E-state index in [-0.39, 0.29) is 11.7 Å². The quantitative estimate of drug-likeness (QED) is 0.564. The van der Waals surface area contributed by atoms with Gasteiger partial charge in [0.05, 0.1) is 5.75 Å². The van der Waals surface area contributed by atoms with Gasteiger partial charge in [0.1, 0.15) is 11.6 Å². The second-order valence-corrected chi connectivity index (χ2v) is 6.10. The van der Waals surface area contributed by atoms with Crippen LogP contribution in [0.25, 0.3) is 0 Å². The maximum absolute atomic E-state index is 12.1. The van der Waals surface area contributed by atoms with Crippen LogP contribution in [-0.4, -0.2) is 20.9 Å². The summed E-state index contributed by atoms with van der Waals surface area (Å²) in [6, 6.07) is 10.7. The zero-order chi connectivity index (χ0) is 16.9. The van der Waals surface area contributed by atoms with Gasteiger partial charge in [-0.3, -0.25) is 4.79 Å². The van der Waals surface area contributed by atoms with Crippen molar-refractivity contribution in [1.29, 1.82) is 0 Å². The minimum Gasteiger partial charge on any atom is -0.455 e. The number of amides is 1. The van der Waals surface area contributed by atoms with Gasteiger partial charge in [-0.25, -0.2) is 15.0 Å². The third kappa shape index (κ3) is 4.20. The predicted molar refractivity (Wildman–Crippen MR) is 92.0 cm³/mol. The normalized spacial score (nSPS) is 10.6. The molecule has 0 aromatic carbocycles. The van der Waals surface area contributed by atoms with Crippen LogP contribution in [0.4, 0.5) is 5.82 Å². The highest BCUT2D eigenvalue weighted by Gasteiger charge is 2.12. The molecular weight excluding hydrogens is 324 g/mol. The Balaban J connectivity index is 1.62. The minimum absolute atomic E-state index is 0.248. The molecule has 24 heavy (non-hydrogen) atoms. The molecule has 3 aromatic rings. The monoisotopic (exact) mass is 340 g/mol. The number of thioether (sulfide) groups is 1. The molecule has 3 aromatic heterocycles. The van der Waals surface area contributed by atoms with E-state index in [0.29, 0.717) is 22.5 Å². The molecule has 0 bridgehead atoms. The summed E-state index contributed by atoms with van der Waals surface area (Å²) in [6.45, 7) is 3.87. The van der Waals surface area contributed by atoms with E-state index in [9.17, 15) is 4.79 Å². The Bertz CT molecular complexity index is 829. The molecule has 0 radical (unpaired) electrons. The summed E-state index contributed by atoms with van der Waals surface area (Å²) in [6.07, 6.45) is 1.61. The topological polar surface area (TPSA) is 80.9 Å². The van der Waals surface area contributed by atoms with E-state index in [1.807, 2.05) is 19.9 Å². The first-order valence-electron chi connectivity index (χ1n) is 7.36. The maximum atomic E-state index is 12.1. The molecule has 1 N–H and O–H groups in total. The summed E-state index contributed by atoms with van der Waals surface area (Å²) in [5.74, 6) is 1.65. The number of aryl methyl sites for hydroxylation is 2. The van der Waals surface area contributed by atoms with Crippen LogP contribution in [0, 0.1) is 13.8 Å². The number of carbonyl (C=O) groups excluding carboxylic acids is 1. The highest BCUT2D eigenvalue weighted by Crippen LogP contribution is 2.21. The van der Waals surface area contributed by atoms with E-state index in [2.05, 4.69) is 20.3 Å². The lowest BCUT2D eigenvalue weighted by Gasteiger charge is -2.02. The molecule has 7 heteroatoms. The van der Waals surface area contributed by atoms with E-state index in [1.54, 1.807) is 36.5 Å². The third-order valence-electron chi connectivity index (χ3n) is 3.10. The number of hydrogen-bond donors (Lipinski definition) is 1. The van der Waals surface area contributed by atoms with Gasteiger partial charge in [0.25, 0.3) is 5.91 Å². The number of anilines is 1. The fraction of sp³-hybridized carbons (Fsp3) is 0.176. The van der Waals surface area contributed by atoms with Gasteiger partial charge in [0, 0.05) is 17.6 Å². The van der Waals surface area contributed by atoms with Crippen molar-refractivity contribution in [3.05, 3.63) is 65.5 Å². The molecule has 0 aliphatic rings. The van der Waals surface area contributed by atoms with Gasteiger partial charge in [-0.2, -0.15) is 0 Å². The highest BCUT2D eigenvalue weighted by molar-refractivity contribution is 7.98. The van der Waals surface area contributed by atoms with Crippen LogP contribution in [0.2, 0.25) is 0 Å². The average Bonchev–Trinajstić information content (AvgIpc) is 3.02. The van der Waals surface area contributed by atoms with Crippen LogP contribution in [0.5, 0.6) is 0 Å². The van der Waals surface area contributed by atoms with E-state index in [0.717, 1.165) is 11.4 Å². The Kier molecular flexibility index (Phi) is 4.90. The fourth-order valence-corrected chi connectivity index (χ4v) is 2.93. The molecule has 0 unspecified atom stereocenters. The summed E-state index contributed by atoms with van der Waals surface area (Å²) in [5, 5.41) is 3.38. The van der Waals surface area contributed by atoms with Gasteiger partial charge >= 0.3 is 0 Å². The molecule has 0 saturated heterocycles. The second kappa shape index (κ2) is 7.27. The molecule has 122 valence electrons. The zero-order valence-electron chi connectivity index (χ0n) is 13.3. The molecule has 3 heterocycles. The predicted octanol–water partition coefficient (Wildman–Crippen LogP) is 3.63. The van der Waals surface area contributed by atoms with Gasteiger partial charge in [-0.1, -0.05) is 17.8 Å². The smallest absolute Gasteiger partial charge is 0.292 e. The lowest BCUT2D eigenvalue weighted by atomic mass is 10.4. The number of pyridine rings is 1. The first-order valence-corrected chi connectivity index (χ1v) is 8.35. The van der Waals surface area contributed by atoms with Crippen molar-refractivity contribution in [1.82, 2.24) is 15.0 Å². The molecule has 0 aliphatic heterocycles. The van der Waals surface area contributed by atoms with Gasteiger partial charge in [-0.05, 0) is 44.2 Å². The summed E-state index contributed by atoms with van der Waals surface area (Å²) < 4.78 is 5.58. The van der Waals surface area contributed by atoms with Crippen LogP contribution in [0.3, 0.4) is 0 Å². The van der Waals surface area contributed by atoms with Crippen molar-refractivity contribution in [2.45, 2.75) is 24.8 Å². The number of carbonyl (C=O) groups is 1. The van der Waals surface area contributed by atoms with Crippen molar-refractivity contribution >= 4 is 23.5 Å². The lowest BCUT2D eigenvalue weighted by molar-refractivity contribution is 0.0995. The van der Waals surface area contributed by atoms with Gasteiger partial charge < -0.3 is 9.73 Å². The molecule has 0 atom stereocenters. The Morgan fingerprint density at radius 1 is 1.17 bits per heavy atom. The van der Waals surface area contributed by atoms with Crippen molar-refractivity contribution in [3.63, 3.8) is 0 Å². The fourth-order valence-electron chi connectivity index (χ4n) is 2.09. The van der Waals surface area contributed by atoms with Crippen molar-refractivity contribution in [2.75, 3.05) is 5.32 Å². The summed E-state index contributed by atoms with van der Waals surface area (Å²) in [5.41, 5.74) is 1.86. The number of aromatic nitrogens is 3. The summed E-state index contributed by atoms with van der Waals surface area (Å²) >= 11 is 1.47. The van der Waals surface area contributed by atoms with Crippen LogP contribution < -0.4 is 5.32 Å². The van der Waals surface area contributed by atoms with Gasteiger partial charge in [0.2, 0.25) is 0 Å². The molecule has 1 amide bonds. The van der Waals surface area contributed by atoms with E-state index < -0.39 is 0 Å². The Morgan fingerprint density at radius 3 is 2.67 bits per heavy atom. The largest absolute Gasteiger partial charge is 0.455 e. The van der Waals surface area contributed by atoms with E-state index >= 15 is 0 Å². The first kappa shape index (κ1) is 16.2. The summed E-state index contributed by atoms with van der Waals surface area (Å²) in [4.78, 5) is 24.9. The third-order valence-corrected chi connectivity index (χ3v) is 3.97. The van der Waals surface area contributed by atoms with Crippen LogP contribution in [0.15, 0.2) is 52.2 Å². The molecule has 6 nitrogen and oxygen atoms in total. The molecule has 3 rings (SSSR count). The van der Waals surface area contributed by atoms with Crippen molar-refractivity contribution in [2.24, 2.45) is 0 Å². The summed E-state index contributed by atoms with van der Waals surface area (Å²) in [7, 11) is 0. The number of furan rings is 1. The van der Waals surface area contributed by atoms with Crippen LogP contribution in [0.1, 0.15) is 27.7 Å². The maximum Gasteiger partial charge on any atom is 0.292 e. The minimum atomic E-state index is -0.326. The van der Waals surface area contributed by atoms with E-state index in [1.165, 1.54) is 11.8 Å². The molecule has 0 spiro atoms. The SMILES string of the molecule is Cc1cc(C)nc(SCc2ccc(C(=O)Nc3ccccn3)o2)n1. The Hall–Kier alpha value is -2.67. The lowest BCUT2D eigenvalue weighted by Crippen LogP contribution is -2.11. The number of nitrogens with one attached hydrogen (secondary N) is 1. The molecular formula is C17H16N4O2S. The average molecular weight is 340 g/mol. The standard InChI is InChI=1S/C17H16N4O2S/c1-11-9-12(2)20-17(19-11)24-10-13-6-7-14(23-13)16(22)21-15-5-3-4-8-18-15/h3-9H,10H2,1-2H3,(H,18,21,22). The Labute approximate surface area is 143 Å². The zero-order valence-corrected chi connectivity index (χ0v) is 14.1. The van der Waals surface area contributed by atoms with Crippen LogP contribution >= 0.6 is 11.8 Å². The Morgan fingerprint density at radius 2 is 1.96 bits per heavy atom. The molecule has 0 aliphatic carbocycles. The first-order chi connectivity index (χ1) is 11.6.